The summed E-state index contributed by atoms with van der Waals surface area (Å²) < 4.78 is 1.99. The Bertz CT molecular complexity index is 417. The smallest absolute Gasteiger partial charge is 0.264 e. The van der Waals surface area contributed by atoms with Gasteiger partial charge in [0.1, 0.15) is 0 Å². The number of amides is 1. The van der Waals surface area contributed by atoms with E-state index in [2.05, 4.69) is 21.2 Å². The molecule has 0 unspecified atom stereocenters. The predicted molar refractivity (Wildman–Crippen MR) is 65.1 cm³/mol. The Kier molecular flexibility index (Phi) is 5.21. The normalized spacial score (nSPS) is 10.1. The van der Waals surface area contributed by atoms with E-state index in [-0.39, 0.29) is 17.9 Å². The second-order valence-electron chi connectivity index (χ2n) is 3.24. The van der Waals surface area contributed by atoms with E-state index in [1.807, 2.05) is 0 Å². The van der Waals surface area contributed by atoms with Crippen LogP contribution in [0.1, 0.15) is 6.42 Å². The van der Waals surface area contributed by atoms with Crippen molar-refractivity contribution in [1.29, 1.82) is 0 Å². The molecule has 16 heavy (non-hydrogen) atoms. The van der Waals surface area contributed by atoms with E-state index in [9.17, 15) is 9.59 Å². The van der Waals surface area contributed by atoms with Crippen molar-refractivity contribution in [3.63, 3.8) is 0 Å². The molecule has 1 heterocycles. The molecule has 0 aliphatic carbocycles. The van der Waals surface area contributed by atoms with Crippen LogP contribution in [-0.4, -0.2) is 23.6 Å². The van der Waals surface area contributed by atoms with Gasteiger partial charge >= 0.3 is 0 Å². The molecule has 0 saturated carbocycles. The summed E-state index contributed by atoms with van der Waals surface area (Å²) in [4.78, 5) is 22.8. The van der Waals surface area contributed by atoms with E-state index in [1.54, 1.807) is 18.3 Å². The van der Waals surface area contributed by atoms with Crippen molar-refractivity contribution >= 4 is 21.8 Å². The minimum Gasteiger partial charge on any atom is -0.355 e. The first kappa shape index (κ1) is 12.9. The molecular formula is C10H14BrN3O2. The van der Waals surface area contributed by atoms with Crippen molar-refractivity contribution in [2.45, 2.75) is 13.0 Å². The van der Waals surface area contributed by atoms with Crippen LogP contribution in [0.2, 0.25) is 0 Å². The van der Waals surface area contributed by atoms with Crippen molar-refractivity contribution in [2.24, 2.45) is 5.73 Å². The van der Waals surface area contributed by atoms with Gasteiger partial charge < -0.3 is 15.6 Å². The molecule has 0 spiro atoms. The second-order valence-corrected chi connectivity index (χ2v) is 4.10. The summed E-state index contributed by atoms with van der Waals surface area (Å²) in [6.07, 6.45) is 1.93. The zero-order valence-electron chi connectivity index (χ0n) is 8.78. The highest BCUT2D eigenvalue weighted by molar-refractivity contribution is 9.10. The minimum atomic E-state index is -0.130. The molecule has 88 valence electrons. The molecular weight excluding hydrogens is 274 g/mol. The van der Waals surface area contributed by atoms with Gasteiger partial charge in [0.05, 0.1) is 4.47 Å². The summed E-state index contributed by atoms with van der Waals surface area (Å²) in [7, 11) is 0. The monoisotopic (exact) mass is 287 g/mol. The molecule has 6 heteroatoms. The number of nitrogens with one attached hydrogen (secondary N) is 1. The first-order chi connectivity index (χ1) is 7.65. The lowest BCUT2D eigenvalue weighted by molar-refractivity contribution is -0.121. The van der Waals surface area contributed by atoms with Crippen LogP contribution < -0.4 is 16.6 Å². The van der Waals surface area contributed by atoms with Crippen LogP contribution in [0.15, 0.2) is 27.6 Å². The van der Waals surface area contributed by atoms with E-state index >= 15 is 0 Å². The van der Waals surface area contributed by atoms with Crippen molar-refractivity contribution in [3.8, 4) is 0 Å². The summed E-state index contributed by atoms with van der Waals surface area (Å²) in [6.45, 7) is 1.25. The molecule has 1 aromatic heterocycles. The average molecular weight is 288 g/mol. The van der Waals surface area contributed by atoms with Crippen molar-refractivity contribution in [1.82, 2.24) is 9.88 Å². The molecule has 1 aromatic rings. The predicted octanol–water partition coefficient (Wildman–Crippen LogP) is 0.0758. The molecule has 0 saturated heterocycles. The number of carbonyl (C=O) groups is 1. The fraction of sp³-hybridized carbons (Fsp3) is 0.400. The molecule has 0 aliphatic heterocycles. The average Bonchev–Trinajstić information content (AvgIpc) is 2.28. The Morgan fingerprint density at radius 2 is 2.31 bits per heavy atom. The highest BCUT2D eigenvalue weighted by atomic mass is 79.9. The zero-order chi connectivity index (χ0) is 12.0. The van der Waals surface area contributed by atoms with Gasteiger partial charge in [0.15, 0.2) is 0 Å². The fourth-order valence-corrected chi connectivity index (χ4v) is 1.59. The zero-order valence-corrected chi connectivity index (χ0v) is 10.4. The number of halogens is 1. The van der Waals surface area contributed by atoms with E-state index in [1.165, 1.54) is 4.57 Å². The largest absolute Gasteiger partial charge is 0.355 e. The van der Waals surface area contributed by atoms with Crippen molar-refractivity contribution < 1.29 is 4.79 Å². The van der Waals surface area contributed by atoms with Crippen molar-refractivity contribution in [2.75, 3.05) is 13.1 Å². The molecule has 0 fully saturated rings. The summed E-state index contributed by atoms with van der Waals surface area (Å²) in [5.41, 5.74) is 5.12. The second kappa shape index (κ2) is 6.44. The van der Waals surface area contributed by atoms with Crippen LogP contribution in [-0.2, 0) is 11.3 Å². The van der Waals surface area contributed by atoms with Gasteiger partial charge in [-0.15, -0.1) is 0 Å². The maximum atomic E-state index is 11.6. The molecule has 1 amide bonds. The van der Waals surface area contributed by atoms with Crippen LogP contribution in [0.5, 0.6) is 0 Å². The Balaban J connectivity index is 2.52. The van der Waals surface area contributed by atoms with E-state index in [4.69, 9.17) is 5.73 Å². The Labute approximate surface area is 102 Å². The molecule has 0 bridgehead atoms. The Morgan fingerprint density at radius 3 is 3.00 bits per heavy atom. The number of nitrogens with zero attached hydrogens (tertiary/aromatic N) is 1. The number of pyridine rings is 1. The standard InChI is InChI=1S/C10H14BrN3O2/c11-8-2-1-6-14(10(8)16)7-3-9(15)13-5-4-12/h1-2,6H,3-5,7,12H2,(H,13,15). The van der Waals surface area contributed by atoms with Crippen LogP contribution in [0.3, 0.4) is 0 Å². The number of hydrogen-bond donors (Lipinski definition) is 2. The number of aryl methyl sites for hydroxylation is 1. The van der Waals surface area contributed by atoms with Gasteiger partial charge in [0.25, 0.3) is 5.56 Å². The third kappa shape index (κ3) is 3.79. The summed E-state index contributed by atoms with van der Waals surface area (Å²) in [5.74, 6) is -0.0997. The molecule has 5 nitrogen and oxygen atoms in total. The van der Waals surface area contributed by atoms with E-state index in [0.717, 1.165) is 0 Å². The number of nitrogens with two attached hydrogens (primary N) is 1. The third-order valence-electron chi connectivity index (χ3n) is 2.02. The number of rotatable bonds is 5. The molecule has 0 atom stereocenters. The number of aromatic nitrogens is 1. The third-order valence-corrected chi connectivity index (χ3v) is 2.62. The van der Waals surface area contributed by atoms with Gasteiger partial charge in [-0.1, -0.05) is 0 Å². The van der Waals surface area contributed by atoms with E-state index < -0.39 is 0 Å². The molecule has 0 aromatic carbocycles. The minimum absolute atomic E-state index is 0.0997. The van der Waals surface area contributed by atoms with Gasteiger partial charge in [-0.25, -0.2) is 0 Å². The topological polar surface area (TPSA) is 77.1 Å². The number of hydrogen-bond acceptors (Lipinski definition) is 3. The molecule has 3 N–H and O–H groups in total. The summed E-state index contributed by atoms with van der Waals surface area (Å²) >= 11 is 3.14. The Morgan fingerprint density at radius 1 is 1.56 bits per heavy atom. The molecule has 0 aliphatic rings. The lowest BCUT2D eigenvalue weighted by atomic mass is 10.3. The first-order valence-electron chi connectivity index (χ1n) is 4.97. The summed E-state index contributed by atoms with van der Waals surface area (Å²) in [6, 6.07) is 3.43. The van der Waals surface area contributed by atoms with Gasteiger partial charge in [-0.3, -0.25) is 9.59 Å². The highest BCUT2D eigenvalue weighted by Gasteiger charge is 2.03. The number of carbonyl (C=O) groups excluding carboxylic acids is 1. The van der Waals surface area contributed by atoms with Gasteiger partial charge in [0, 0.05) is 32.3 Å². The lowest BCUT2D eigenvalue weighted by Crippen LogP contribution is -2.30. The van der Waals surface area contributed by atoms with Crippen LogP contribution >= 0.6 is 15.9 Å². The quantitative estimate of drug-likeness (QED) is 0.805. The van der Waals surface area contributed by atoms with Gasteiger partial charge in [0.2, 0.25) is 5.91 Å². The van der Waals surface area contributed by atoms with Gasteiger partial charge in [-0.05, 0) is 28.1 Å². The van der Waals surface area contributed by atoms with Crippen molar-refractivity contribution in [3.05, 3.63) is 33.2 Å². The SMILES string of the molecule is NCCNC(=O)CCn1cccc(Br)c1=O. The maximum absolute atomic E-state index is 11.6. The fourth-order valence-electron chi connectivity index (χ4n) is 1.21. The molecule has 0 radical (unpaired) electrons. The molecule has 1 rings (SSSR count). The van der Waals surface area contributed by atoms with Gasteiger partial charge in [-0.2, -0.15) is 0 Å². The first-order valence-corrected chi connectivity index (χ1v) is 5.76. The highest BCUT2D eigenvalue weighted by Crippen LogP contribution is 2.00. The Hall–Kier alpha value is -1.14. The maximum Gasteiger partial charge on any atom is 0.264 e. The van der Waals surface area contributed by atoms with Crippen LogP contribution in [0.4, 0.5) is 0 Å². The van der Waals surface area contributed by atoms with Crippen LogP contribution in [0, 0.1) is 0 Å². The van der Waals surface area contributed by atoms with E-state index in [0.29, 0.717) is 24.1 Å². The lowest BCUT2D eigenvalue weighted by Gasteiger charge is -2.06. The summed E-state index contributed by atoms with van der Waals surface area (Å²) in [5, 5.41) is 2.65. The van der Waals surface area contributed by atoms with Crippen LogP contribution in [0.25, 0.3) is 0 Å².